The Morgan fingerprint density at radius 2 is 1.88 bits per heavy atom. The van der Waals surface area contributed by atoms with Gasteiger partial charge in [0, 0.05) is 18.2 Å². The smallest absolute Gasteiger partial charge is 0.412 e. The molecule has 42 heavy (non-hydrogen) atoms. The Labute approximate surface area is 250 Å². The van der Waals surface area contributed by atoms with Crippen molar-refractivity contribution in [2.45, 2.75) is 31.7 Å². The van der Waals surface area contributed by atoms with Gasteiger partial charge < -0.3 is 19.5 Å². The average Bonchev–Trinajstić information content (AvgIpc) is 3.01. The van der Waals surface area contributed by atoms with E-state index in [-0.39, 0.29) is 34.7 Å². The number of nitrogens with zero attached hydrogens (tertiary/aromatic N) is 2. The van der Waals surface area contributed by atoms with Crippen molar-refractivity contribution in [3.05, 3.63) is 76.8 Å². The van der Waals surface area contributed by atoms with E-state index in [4.69, 9.17) is 21.1 Å². The van der Waals surface area contributed by atoms with Crippen LogP contribution in [0.25, 0.3) is 11.1 Å². The van der Waals surface area contributed by atoms with Gasteiger partial charge >= 0.3 is 12.2 Å². The van der Waals surface area contributed by atoms with E-state index in [2.05, 4.69) is 10.2 Å². The van der Waals surface area contributed by atoms with Crippen molar-refractivity contribution < 1.29 is 29.0 Å². The van der Waals surface area contributed by atoms with Crippen LogP contribution in [0.5, 0.6) is 5.75 Å². The highest BCUT2D eigenvalue weighted by molar-refractivity contribution is 6.34. The Morgan fingerprint density at radius 3 is 2.52 bits per heavy atom. The largest absolute Gasteiger partial charge is 0.496 e. The van der Waals surface area contributed by atoms with Gasteiger partial charge in [-0.05, 0) is 68.0 Å². The number of aldehydes is 1. The van der Waals surface area contributed by atoms with Gasteiger partial charge in [0.1, 0.15) is 5.75 Å². The standard InChI is InChI=1S/C32H34ClN3O6/c1-41-30-18-27(26(33)17-24(30)20-37)34-31(38)42-15-5-6-21-9-10-25(22-7-3-2-4-8-22)28(16-21)36(32(39)40)29-19-35-13-11-23(29)12-14-35/h2-4,7-10,16-18,20,23,29H,5-6,11-15,19H2,1H3,(H,34,38)(H,39,40)/t29-/m0/s1. The number of nitrogens with one attached hydrogen (secondary N) is 1. The van der Waals surface area contributed by atoms with E-state index in [9.17, 15) is 19.5 Å². The summed E-state index contributed by atoms with van der Waals surface area (Å²) in [5.74, 6) is 0.626. The third-order valence-corrected chi connectivity index (χ3v) is 8.40. The van der Waals surface area contributed by atoms with Crippen molar-refractivity contribution in [1.29, 1.82) is 0 Å². The fourth-order valence-electron chi connectivity index (χ4n) is 5.96. The van der Waals surface area contributed by atoms with E-state index >= 15 is 0 Å². The molecule has 3 aromatic carbocycles. The molecule has 6 rings (SSSR count). The molecule has 0 saturated carbocycles. The number of halogens is 1. The fraction of sp³-hybridized carbons (Fsp3) is 0.344. The van der Waals surface area contributed by atoms with Crippen molar-refractivity contribution in [1.82, 2.24) is 4.90 Å². The Hall–Kier alpha value is -4.08. The zero-order valence-electron chi connectivity index (χ0n) is 23.4. The maximum Gasteiger partial charge on any atom is 0.412 e. The average molecular weight is 592 g/mol. The second-order valence-electron chi connectivity index (χ2n) is 10.6. The molecule has 3 saturated heterocycles. The number of aryl methyl sites for hydroxylation is 1. The molecule has 2 bridgehead atoms. The van der Waals surface area contributed by atoms with Gasteiger partial charge in [-0.2, -0.15) is 0 Å². The number of benzene rings is 3. The molecule has 3 heterocycles. The molecule has 0 spiro atoms. The molecule has 1 atom stereocenters. The predicted molar refractivity (Wildman–Crippen MR) is 162 cm³/mol. The molecule has 10 heteroatoms. The van der Waals surface area contributed by atoms with Crippen LogP contribution in [0.1, 0.15) is 35.2 Å². The number of anilines is 2. The lowest BCUT2D eigenvalue weighted by Crippen LogP contribution is -2.59. The second-order valence-corrected chi connectivity index (χ2v) is 11.0. The Kier molecular flexibility index (Phi) is 9.29. The number of piperidine rings is 3. The molecule has 2 amide bonds. The number of rotatable bonds is 10. The number of amides is 2. The van der Waals surface area contributed by atoms with Gasteiger partial charge in [0.05, 0.1) is 41.7 Å². The first-order chi connectivity index (χ1) is 20.4. The highest BCUT2D eigenvalue weighted by atomic mass is 35.5. The molecule has 3 aliphatic rings. The van der Waals surface area contributed by atoms with E-state index in [1.807, 2.05) is 48.5 Å². The summed E-state index contributed by atoms with van der Waals surface area (Å²) in [6, 6.07) is 18.6. The molecule has 9 nitrogen and oxygen atoms in total. The first kappa shape index (κ1) is 29.4. The van der Waals surface area contributed by atoms with E-state index in [0.29, 0.717) is 30.7 Å². The number of carbonyl (C=O) groups excluding carboxylic acids is 2. The number of carboxylic acid groups (broad SMARTS) is 1. The molecule has 220 valence electrons. The predicted octanol–water partition coefficient (Wildman–Crippen LogP) is 6.59. The lowest BCUT2D eigenvalue weighted by molar-refractivity contribution is 0.0837. The van der Waals surface area contributed by atoms with Crippen LogP contribution in [-0.4, -0.2) is 67.9 Å². The minimum absolute atomic E-state index is 0.0965. The molecule has 3 aliphatic heterocycles. The van der Waals surface area contributed by atoms with E-state index < -0.39 is 12.2 Å². The summed E-state index contributed by atoms with van der Waals surface area (Å²) in [5.41, 5.74) is 4.02. The van der Waals surface area contributed by atoms with Crippen LogP contribution in [0.2, 0.25) is 5.02 Å². The monoisotopic (exact) mass is 591 g/mol. The van der Waals surface area contributed by atoms with Crippen LogP contribution in [0.15, 0.2) is 60.7 Å². The third kappa shape index (κ3) is 6.53. The maximum absolute atomic E-state index is 12.8. The summed E-state index contributed by atoms with van der Waals surface area (Å²) in [7, 11) is 1.42. The Bertz CT molecular complexity index is 1440. The molecule has 0 aromatic heterocycles. The summed E-state index contributed by atoms with van der Waals surface area (Å²) in [4.78, 5) is 40.3. The second kappa shape index (κ2) is 13.3. The van der Waals surface area contributed by atoms with Crippen LogP contribution in [0, 0.1) is 5.92 Å². The van der Waals surface area contributed by atoms with Gasteiger partial charge in [0.15, 0.2) is 6.29 Å². The quantitative estimate of drug-likeness (QED) is 0.202. The van der Waals surface area contributed by atoms with Gasteiger partial charge in [-0.1, -0.05) is 54.1 Å². The first-order valence-electron chi connectivity index (χ1n) is 14.1. The normalized spacial score (nSPS) is 19.1. The first-order valence-corrected chi connectivity index (χ1v) is 14.4. The molecular weight excluding hydrogens is 558 g/mol. The highest BCUT2D eigenvalue weighted by Crippen LogP contribution is 2.39. The van der Waals surface area contributed by atoms with E-state index in [1.165, 1.54) is 19.2 Å². The molecule has 0 unspecified atom stereocenters. The van der Waals surface area contributed by atoms with Gasteiger partial charge in [0.2, 0.25) is 0 Å². The molecule has 3 aromatic rings. The van der Waals surface area contributed by atoms with Crippen LogP contribution in [0.4, 0.5) is 21.0 Å². The molecule has 3 fully saturated rings. The number of ether oxygens (including phenoxy) is 2. The summed E-state index contributed by atoms with van der Waals surface area (Å²) in [6.45, 7) is 2.94. The van der Waals surface area contributed by atoms with Gasteiger partial charge in [-0.15, -0.1) is 0 Å². The third-order valence-electron chi connectivity index (χ3n) is 8.09. The summed E-state index contributed by atoms with van der Waals surface area (Å²) >= 11 is 6.19. The van der Waals surface area contributed by atoms with Crippen molar-refractivity contribution >= 4 is 41.4 Å². The number of fused-ring (bicyclic) bond motifs is 3. The molecule has 0 aliphatic carbocycles. The van der Waals surface area contributed by atoms with Gasteiger partial charge in [-0.3, -0.25) is 15.0 Å². The van der Waals surface area contributed by atoms with Crippen molar-refractivity contribution in [3.63, 3.8) is 0 Å². The Balaban J connectivity index is 1.28. The zero-order chi connectivity index (χ0) is 29.6. The topological polar surface area (TPSA) is 108 Å². The molecule has 2 N–H and O–H groups in total. The lowest BCUT2D eigenvalue weighted by atomic mass is 9.82. The summed E-state index contributed by atoms with van der Waals surface area (Å²) < 4.78 is 10.5. The van der Waals surface area contributed by atoms with Crippen molar-refractivity contribution in [2.24, 2.45) is 5.92 Å². The van der Waals surface area contributed by atoms with Crippen LogP contribution in [-0.2, 0) is 11.2 Å². The number of methoxy groups -OCH3 is 1. The van der Waals surface area contributed by atoms with E-state index in [0.717, 1.165) is 49.2 Å². The van der Waals surface area contributed by atoms with Gasteiger partial charge in [0.25, 0.3) is 0 Å². The number of hydrogen-bond donors (Lipinski definition) is 2. The minimum Gasteiger partial charge on any atom is -0.496 e. The molecule has 0 radical (unpaired) electrons. The summed E-state index contributed by atoms with van der Waals surface area (Å²) in [5, 5.41) is 13.2. The fourth-order valence-corrected chi connectivity index (χ4v) is 6.18. The van der Waals surface area contributed by atoms with Crippen LogP contribution < -0.4 is 15.0 Å². The maximum atomic E-state index is 12.8. The molecular formula is C32H34ClN3O6. The van der Waals surface area contributed by atoms with Crippen LogP contribution in [0.3, 0.4) is 0 Å². The summed E-state index contributed by atoms with van der Waals surface area (Å²) in [6.07, 6.45) is 2.13. The highest BCUT2D eigenvalue weighted by Gasteiger charge is 2.40. The van der Waals surface area contributed by atoms with Crippen LogP contribution >= 0.6 is 11.6 Å². The number of hydrogen-bond acceptors (Lipinski definition) is 6. The SMILES string of the molecule is COc1cc(NC(=O)OCCCc2ccc(-c3ccccc3)c(N(C(=O)O)[C@H]3CN4CCC3CC4)c2)c(Cl)cc1C=O. The van der Waals surface area contributed by atoms with Crippen molar-refractivity contribution in [2.75, 3.05) is 43.6 Å². The van der Waals surface area contributed by atoms with E-state index in [1.54, 1.807) is 4.90 Å². The zero-order valence-corrected chi connectivity index (χ0v) is 24.2. The van der Waals surface area contributed by atoms with Gasteiger partial charge in [-0.25, -0.2) is 9.59 Å². The number of carbonyl (C=O) groups is 3. The minimum atomic E-state index is -0.945. The lowest BCUT2D eigenvalue weighted by Gasteiger charge is -2.48. The van der Waals surface area contributed by atoms with Crippen molar-refractivity contribution in [3.8, 4) is 16.9 Å². The Morgan fingerprint density at radius 1 is 1.12 bits per heavy atom.